The Morgan fingerprint density at radius 1 is 1.17 bits per heavy atom. The molecule has 0 radical (unpaired) electrons. The van der Waals surface area contributed by atoms with Crippen molar-refractivity contribution in [2.45, 2.75) is 25.8 Å². The number of nitrogens with zero attached hydrogens (tertiary/aromatic N) is 3. The van der Waals surface area contributed by atoms with Gasteiger partial charge in [0.25, 0.3) is 0 Å². The molecule has 8 heteroatoms. The van der Waals surface area contributed by atoms with E-state index in [1.165, 1.54) is 0 Å². The molecule has 0 spiro atoms. The van der Waals surface area contributed by atoms with E-state index in [4.69, 9.17) is 5.11 Å². The van der Waals surface area contributed by atoms with E-state index >= 15 is 0 Å². The van der Waals surface area contributed by atoms with Crippen LogP contribution in [0.15, 0.2) is 0 Å². The fourth-order valence-electron chi connectivity index (χ4n) is 2.41. The highest BCUT2D eigenvalue weighted by Gasteiger charge is 2.24. The molecule has 0 aliphatic carbocycles. The standard InChI is InChI=1S/C15H28N4O4/c1-4-5-12(15(22)23)16-10-13(20)19-8-6-18(7-9-19)11-14(21)17(2)3/h12,16H,4-11H2,1-3H3,(H,22,23). The van der Waals surface area contributed by atoms with Gasteiger partial charge in [-0.3, -0.25) is 24.6 Å². The number of carboxylic acid groups (broad SMARTS) is 1. The third-order valence-electron chi connectivity index (χ3n) is 3.96. The highest BCUT2D eigenvalue weighted by atomic mass is 16.4. The normalized spacial score (nSPS) is 16.9. The third kappa shape index (κ3) is 6.54. The summed E-state index contributed by atoms with van der Waals surface area (Å²) in [5.74, 6) is -0.965. The maximum absolute atomic E-state index is 12.1. The van der Waals surface area contributed by atoms with Gasteiger partial charge in [-0.05, 0) is 6.42 Å². The van der Waals surface area contributed by atoms with Gasteiger partial charge < -0.3 is 14.9 Å². The summed E-state index contributed by atoms with van der Waals surface area (Å²) in [5.41, 5.74) is 0. The van der Waals surface area contributed by atoms with Crippen LogP contribution in [0.3, 0.4) is 0 Å². The van der Waals surface area contributed by atoms with Crippen LogP contribution in [0.1, 0.15) is 19.8 Å². The molecular weight excluding hydrogens is 300 g/mol. The second-order valence-corrected chi connectivity index (χ2v) is 6.01. The molecule has 1 heterocycles. The van der Waals surface area contributed by atoms with Crippen molar-refractivity contribution in [2.75, 3.05) is 53.4 Å². The van der Waals surface area contributed by atoms with Crippen molar-refractivity contribution in [1.82, 2.24) is 20.0 Å². The van der Waals surface area contributed by atoms with Crippen LogP contribution in [-0.2, 0) is 14.4 Å². The van der Waals surface area contributed by atoms with Crippen LogP contribution < -0.4 is 5.32 Å². The summed E-state index contributed by atoms with van der Waals surface area (Å²) in [4.78, 5) is 40.2. The number of nitrogens with one attached hydrogen (secondary N) is 1. The van der Waals surface area contributed by atoms with E-state index in [2.05, 4.69) is 5.32 Å². The Kier molecular flexibility index (Phi) is 7.97. The number of carbonyl (C=O) groups is 3. The maximum Gasteiger partial charge on any atom is 0.320 e. The first-order chi connectivity index (χ1) is 10.8. The van der Waals surface area contributed by atoms with Gasteiger partial charge in [-0.1, -0.05) is 13.3 Å². The van der Waals surface area contributed by atoms with Crippen molar-refractivity contribution in [3.05, 3.63) is 0 Å². The number of hydrogen-bond acceptors (Lipinski definition) is 5. The molecule has 2 amide bonds. The molecule has 1 aliphatic heterocycles. The number of amides is 2. The van der Waals surface area contributed by atoms with Gasteiger partial charge in [0.1, 0.15) is 6.04 Å². The molecule has 8 nitrogen and oxygen atoms in total. The molecule has 23 heavy (non-hydrogen) atoms. The zero-order valence-corrected chi connectivity index (χ0v) is 14.2. The summed E-state index contributed by atoms with van der Waals surface area (Å²) in [6, 6.07) is -0.678. The Balaban J connectivity index is 2.34. The molecular formula is C15H28N4O4. The minimum atomic E-state index is -0.924. The molecule has 0 aromatic heterocycles. The predicted octanol–water partition coefficient (Wildman–Crippen LogP) is -0.938. The molecule has 1 rings (SSSR count). The number of likely N-dealkylation sites (N-methyl/N-ethyl adjacent to an activating group) is 1. The monoisotopic (exact) mass is 328 g/mol. The Morgan fingerprint density at radius 3 is 2.26 bits per heavy atom. The first-order valence-electron chi connectivity index (χ1n) is 8.01. The van der Waals surface area contributed by atoms with Gasteiger partial charge in [0.2, 0.25) is 11.8 Å². The molecule has 0 aromatic rings. The van der Waals surface area contributed by atoms with E-state index in [1.807, 2.05) is 11.8 Å². The lowest BCUT2D eigenvalue weighted by Gasteiger charge is -2.35. The highest BCUT2D eigenvalue weighted by Crippen LogP contribution is 2.03. The summed E-state index contributed by atoms with van der Waals surface area (Å²) in [5, 5.41) is 11.9. The van der Waals surface area contributed by atoms with Crippen LogP contribution in [0.4, 0.5) is 0 Å². The van der Waals surface area contributed by atoms with Gasteiger partial charge >= 0.3 is 5.97 Å². The molecule has 132 valence electrons. The van der Waals surface area contributed by atoms with Crippen LogP contribution in [0.25, 0.3) is 0 Å². The molecule has 1 saturated heterocycles. The Labute approximate surface area is 137 Å². The minimum absolute atomic E-state index is 0.0353. The summed E-state index contributed by atoms with van der Waals surface area (Å²) in [6.07, 6.45) is 1.25. The number of piperazine rings is 1. The van der Waals surface area contributed by atoms with Crippen LogP contribution in [-0.4, -0.2) is 97.0 Å². The lowest BCUT2D eigenvalue weighted by Crippen LogP contribution is -2.53. The van der Waals surface area contributed by atoms with Gasteiger partial charge in [-0.2, -0.15) is 0 Å². The Morgan fingerprint density at radius 2 is 1.78 bits per heavy atom. The number of hydrogen-bond donors (Lipinski definition) is 2. The SMILES string of the molecule is CCCC(NCC(=O)N1CCN(CC(=O)N(C)C)CC1)C(=O)O. The third-order valence-corrected chi connectivity index (χ3v) is 3.96. The fraction of sp³-hybridized carbons (Fsp3) is 0.800. The van der Waals surface area contributed by atoms with Crippen LogP contribution in [0.2, 0.25) is 0 Å². The summed E-state index contributed by atoms with van der Waals surface area (Å²) in [6.45, 7) is 4.75. The second kappa shape index (κ2) is 9.46. The molecule has 2 N–H and O–H groups in total. The Hall–Kier alpha value is -1.67. The summed E-state index contributed by atoms with van der Waals surface area (Å²) < 4.78 is 0. The number of aliphatic carboxylic acids is 1. The molecule has 1 aliphatic rings. The molecule has 1 atom stereocenters. The lowest BCUT2D eigenvalue weighted by atomic mass is 10.1. The largest absolute Gasteiger partial charge is 0.480 e. The quantitative estimate of drug-likeness (QED) is 0.597. The minimum Gasteiger partial charge on any atom is -0.480 e. The van der Waals surface area contributed by atoms with E-state index in [0.29, 0.717) is 39.1 Å². The summed E-state index contributed by atoms with van der Waals surface area (Å²) >= 11 is 0. The van der Waals surface area contributed by atoms with Crippen LogP contribution in [0, 0.1) is 0 Å². The lowest BCUT2D eigenvalue weighted by molar-refractivity contribution is -0.140. The van der Waals surface area contributed by atoms with E-state index in [9.17, 15) is 14.4 Å². The van der Waals surface area contributed by atoms with Crippen LogP contribution in [0.5, 0.6) is 0 Å². The van der Waals surface area contributed by atoms with Gasteiger partial charge in [0.05, 0.1) is 13.1 Å². The number of rotatable bonds is 8. The smallest absolute Gasteiger partial charge is 0.320 e. The topological polar surface area (TPSA) is 93.2 Å². The van der Waals surface area contributed by atoms with Crippen molar-refractivity contribution >= 4 is 17.8 Å². The van der Waals surface area contributed by atoms with E-state index in [0.717, 1.165) is 6.42 Å². The molecule has 1 unspecified atom stereocenters. The van der Waals surface area contributed by atoms with Gasteiger partial charge in [0, 0.05) is 40.3 Å². The van der Waals surface area contributed by atoms with Crippen molar-refractivity contribution in [2.24, 2.45) is 0 Å². The van der Waals surface area contributed by atoms with E-state index < -0.39 is 12.0 Å². The zero-order valence-electron chi connectivity index (χ0n) is 14.2. The van der Waals surface area contributed by atoms with Gasteiger partial charge in [-0.25, -0.2) is 0 Å². The number of carboxylic acids is 1. The van der Waals surface area contributed by atoms with Crippen molar-refractivity contribution in [1.29, 1.82) is 0 Å². The first kappa shape index (κ1) is 19.4. The molecule has 0 aromatic carbocycles. The average molecular weight is 328 g/mol. The number of carbonyl (C=O) groups excluding carboxylic acids is 2. The Bertz CT molecular complexity index is 420. The maximum atomic E-state index is 12.1. The van der Waals surface area contributed by atoms with Crippen LogP contribution >= 0.6 is 0 Å². The predicted molar refractivity (Wildman–Crippen MR) is 86.0 cm³/mol. The fourth-order valence-corrected chi connectivity index (χ4v) is 2.41. The first-order valence-corrected chi connectivity index (χ1v) is 8.01. The zero-order chi connectivity index (χ0) is 17.4. The second-order valence-electron chi connectivity index (χ2n) is 6.01. The van der Waals surface area contributed by atoms with Gasteiger partial charge in [0.15, 0.2) is 0 Å². The van der Waals surface area contributed by atoms with Crippen molar-refractivity contribution in [3.8, 4) is 0 Å². The van der Waals surface area contributed by atoms with Crippen molar-refractivity contribution in [3.63, 3.8) is 0 Å². The molecule has 1 fully saturated rings. The molecule has 0 saturated carbocycles. The molecule has 0 bridgehead atoms. The van der Waals surface area contributed by atoms with E-state index in [1.54, 1.807) is 23.9 Å². The van der Waals surface area contributed by atoms with Gasteiger partial charge in [-0.15, -0.1) is 0 Å². The van der Waals surface area contributed by atoms with E-state index in [-0.39, 0.29) is 18.4 Å². The van der Waals surface area contributed by atoms with Crippen molar-refractivity contribution < 1.29 is 19.5 Å². The average Bonchev–Trinajstić information content (AvgIpc) is 2.51. The summed E-state index contributed by atoms with van der Waals surface area (Å²) in [7, 11) is 3.45. The highest BCUT2D eigenvalue weighted by molar-refractivity contribution is 5.80.